The zero-order valence-electron chi connectivity index (χ0n) is 10.7. The van der Waals surface area contributed by atoms with E-state index in [4.69, 9.17) is 10.5 Å². The number of nitrogens with two attached hydrogens (primary N) is 1. The van der Waals surface area contributed by atoms with Gasteiger partial charge in [-0.1, -0.05) is 12.1 Å². The van der Waals surface area contributed by atoms with Crippen LogP contribution in [0.15, 0.2) is 24.3 Å². The summed E-state index contributed by atoms with van der Waals surface area (Å²) in [4.78, 5) is 22.6. The number of carbonyl (C=O) groups excluding carboxylic acids is 2. The molecule has 6 nitrogen and oxygen atoms in total. The van der Waals surface area contributed by atoms with Crippen LogP contribution in [-0.4, -0.2) is 31.8 Å². The lowest BCUT2D eigenvalue weighted by molar-refractivity contribution is -0.149. The molecule has 1 aliphatic rings. The molecule has 7 heteroatoms. The minimum atomic E-state index is -3.09. The Kier molecular flexibility index (Phi) is 4.08. The van der Waals surface area contributed by atoms with Crippen molar-refractivity contribution in [1.82, 2.24) is 0 Å². The standard InChI is InChI=1S/C13H15NO5S/c14-12(15)10-3-1-9(2-4-10)7-19-13(16)11-5-6-20(17,18)8-11/h1-4,11H,5-8H2,(H2,14,15). The van der Waals surface area contributed by atoms with E-state index in [9.17, 15) is 18.0 Å². The van der Waals surface area contributed by atoms with Crippen LogP contribution in [0.2, 0.25) is 0 Å². The van der Waals surface area contributed by atoms with Crippen molar-refractivity contribution < 1.29 is 22.7 Å². The Morgan fingerprint density at radius 3 is 2.40 bits per heavy atom. The SMILES string of the molecule is NC(=O)c1ccc(COC(=O)C2CCS(=O)(=O)C2)cc1. The Bertz CT molecular complexity index is 621. The molecule has 1 saturated heterocycles. The smallest absolute Gasteiger partial charge is 0.310 e. The Morgan fingerprint density at radius 1 is 1.25 bits per heavy atom. The molecule has 1 aromatic carbocycles. The Balaban J connectivity index is 1.89. The molecule has 2 N–H and O–H groups in total. The minimum absolute atomic E-state index is 0.0417. The molecule has 1 fully saturated rings. The molecule has 1 heterocycles. The highest BCUT2D eigenvalue weighted by Gasteiger charge is 2.33. The van der Waals surface area contributed by atoms with Crippen LogP contribution in [0.3, 0.4) is 0 Å². The van der Waals surface area contributed by atoms with Gasteiger partial charge in [0.05, 0.1) is 17.4 Å². The van der Waals surface area contributed by atoms with Crippen LogP contribution >= 0.6 is 0 Å². The molecule has 1 aliphatic heterocycles. The van der Waals surface area contributed by atoms with Crippen LogP contribution in [0.1, 0.15) is 22.3 Å². The topological polar surface area (TPSA) is 104 Å². The van der Waals surface area contributed by atoms with Crippen LogP contribution in [0.4, 0.5) is 0 Å². The zero-order valence-corrected chi connectivity index (χ0v) is 11.6. The van der Waals surface area contributed by atoms with E-state index < -0.39 is 27.6 Å². The minimum Gasteiger partial charge on any atom is -0.461 e. The molecule has 0 radical (unpaired) electrons. The van der Waals surface area contributed by atoms with E-state index in [-0.39, 0.29) is 18.1 Å². The molecule has 0 saturated carbocycles. The van der Waals surface area contributed by atoms with Crippen LogP contribution in [-0.2, 0) is 26.0 Å². The molecular formula is C13H15NO5S. The molecule has 1 amide bonds. The summed E-state index contributed by atoms with van der Waals surface area (Å²) < 4.78 is 27.6. The first-order valence-electron chi connectivity index (χ1n) is 6.13. The first kappa shape index (κ1) is 14.5. The van der Waals surface area contributed by atoms with Crippen molar-refractivity contribution in [2.45, 2.75) is 13.0 Å². The zero-order chi connectivity index (χ0) is 14.8. The van der Waals surface area contributed by atoms with Crippen molar-refractivity contribution >= 4 is 21.7 Å². The highest BCUT2D eigenvalue weighted by molar-refractivity contribution is 7.91. The predicted molar refractivity (Wildman–Crippen MR) is 71.5 cm³/mol. The highest BCUT2D eigenvalue weighted by Crippen LogP contribution is 2.20. The summed E-state index contributed by atoms with van der Waals surface area (Å²) in [5.74, 6) is -1.67. The summed E-state index contributed by atoms with van der Waals surface area (Å²) in [7, 11) is -3.09. The number of benzene rings is 1. The maximum atomic E-state index is 11.7. The summed E-state index contributed by atoms with van der Waals surface area (Å²) in [6, 6.07) is 6.37. The Morgan fingerprint density at radius 2 is 1.90 bits per heavy atom. The van der Waals surface area contributed by atoms with Gasteiger partial charge in [0.1, 0.15) is 6.61 Å². The number of hydrogen-bond donors (Lipinski definition) is 1. The van der Waals surface area contributed by atoms with E-state index >= 15 is 0 Å². The fraction of sp³-hybridized carbons (Fsp3) is 0.385. The van der Waals surface area contributed by atoms with Gasteiger partial charge in [-0.3, -0.25) is 9.59 Å². The van der Waals surface area contributed by atoms with Gasteiger partial charge in [0, 0.05) is 5.56 Å². The van der Waals surface area contributed by atoms with Crippen LogP contribution in [0.25, 0.3) is 0 Å². The van der Waals surface area contributed by atoms with Gasteiger partial charge in [0.25, 0.3) is 0 Å². The lowest BCUT2D eigenvalue weighted by atomic mass is 10.1. The van der Waals surface area contributed by atoms with Crippen molar-refractivity contribution in [3.8, 4) is 0 Å². The fourth-order valence-corrected chi connectivity index (χ4v) is 3.74. The van der Waals surface area contributed by atoms with E-state index in [1.54, 1.807) is 24.3 Å². The maximum absolute atomic E-state index is 11.7. The Labute approximate surface area is 116 Å². The van der Waals surface area contributed by atoms with Gasteiger partial charge in [0.15, 0.2) is 9.84 Å². The van der Waals surface area contributed by atoms with Crippen LogP contribution in [0.5, 0.6) is 0 Å². The first-order valence-corrected chi connectivity index (χ1v) is 7.95. The van der Waals surface area contributed by atoms with Crippen LogP contribution in [0, 0.1) is 5.92 Å². The van der Waals surface area contributed by atoms with Gasteiger partial charge in [0.2, 0.25) is 5.91 Å². The van der Waals surface area contributed by atoms with Gasteiger partial charge in [-0.15, -0.1) is 0 Å². The normalized spacial score (nSPS) is 20.5. The van der Waals surface area contributed by atoms with Crippen molar-refractivity contribution in [2.24, 2.45) is 11.7 Å². The fourth-order valence-electron chi connectivity index (χ4n) is 2.02. The van der Waals surface area contributed by atoms with E-state index in [1.165, 1.54) is 0 Å². The molecule has 0 aliphatic carbocycles. The maximum Gasteiger partial charge on any atom is 0.310 e. The summed E-state index contributed by atoms with van der Waals surface area (Å²) in [6.45, 7) is 0.0500. The molecule has 20 heavy (non-hydrogen) atoms. The molecule has 1 aromatic rings. The van der Waals surface area contributed by atoms with E-state index in [0.717, 1.165) is 0 Å². The molecule has 1 atom stereocenters. The number of ether oxygens (including phenoxy) is 1. The number of sulfone groups is 1. The van der Waals surface area contributed by atoms with Crippen molar-refractivity contribution in [2.75, 3.05) is 11.5 Å². The monoisotopic (exact) mass is 297 g/mol. The number of esters is 1. The summed E-state index contributed by atoms with van der Waals surface area (Å²) in [6.07, 6.45) is 0.321. The third-order valence-electron chi connectivity index (χ3n) is 3.19. The predicted octanol–water partition coefficient (Wildman–Crippen LogP) is 0.263. The van der Waals surface area contributed by atoms with Crippen molar-refractivity contribution in [3.05, 3.63) is 35.4 Å². The van der Waals surface area contributed by atoms with Crippen LogP contribution < -0.4 is 5.73 Å². The summed E-state index contributed by atoms with van der Waals surface area (Å²) in [5, 5.41) is 0. The van der Waals surface area contributed by atoms with E-state index in [2.05, 4.69) is 0 Å². The number of hydrogen-bond acceptors (Lipinski definition) is 5. The van der Waals surface area contributed by atoms with Gasteiger partial charge < -0.3 is 10.5 Å². The van der Waals surface area contributed by atoms with Crippen molar-refractivity contribution in [1.29, 1.82) is 0 Å². The molecule has 0 aromatic heterocycles. The number of amides is 1. The lowest BCUT2D eigenvalue weighted by Gasteiger charge is -2.09. The highest BCUT2D eigenvalue weighted by atomic mass is 32.2. The first-order chi connectivity index (χ1) is 9.37. The third kappa shape index (κ3) is 3.57. The largest absolute Gasteiger partial charge is 0.461 e. The lowest BCUT2D eigenvalue weighted by Crippen LogP contribution is -2.18. The second-order valence-corrected chi connectivity index (χ2v) is 7.00. The van der Waals surface area contributed by atoms with E-state index in [0.29, 0.717) is 17.5 Å². The average molecular weight is 297 g/mol. The van der Waals surface area contributed by atoms with Crippen molar-refractivity contribution in [3.63, 3.8) is 0 Å². The van der Waals surface area contributed by atoms with Gasteiger partial charge in [-0.25, -0.2) is 8.42 Å². The molecule has 0 bridgehead atoms. The molecule has 108 valence electrons. The quantitative estimate of drug-likeness (QED) is 0.803. The number of carbonyl (C=O) groups is 2. The summed E-state index contributed by atoms with van der Waals surface area (Å²) >= 11 is 0. The van der Waals surface area contributed by atoms with Gasteiger partial charge in [-0.2, -0.15) is 0 Å². The van der Waals surface area contributed by atoms with Gasteiger partial charge >= 0.3 is 5.97 Å². The average Bonchev–Trinajstić information content (AvgIpc) is 2.77. The van der Waals surface area contributed by atoms with Gasteiger partial charge in [-0.05, 0) is 24.1 Å². The number of primary amides is 1. The molecule has 1 unspecified atom stereocenters. The second-order valence-electron chi connectivity index (χ2n) is 4.77. The molecule has 2 rings (SSSR count). The molecular weight excluding hydrogens is 282 g/mol. The van der Waals surface area contributed by atoms with E-state index in [1.807, 2.05) is 0 Å². The summed E-state index contributed by atoms with van der Waals surface area (Å²) in [5.41, 5.74) is 6.20. The third-order valence-corrected chi connectivity index (χ3v) is 4.95. The number of rotatable bonds is 4. The second kappa shape index (κ2) is 5.62. The Hall–Kier alpha value is -1.89. The molecule has 0 spiro atoms.